The third-order valence-corrected chi connectivity index (χ3v) is 2.57. The Kier molecular flexibility index (Phi) is 5.33. The molecule has 4 N–H and O–H groups in total. The molecule has 0 aliphatic carbocycles. The Balaban J connectivity index is 1.76. The summed E-state index contributed by atoms with van der Waals surface area (Å²) < 4.78 is 16.2. The van der Waals surface area contributed by atoms with Gasteiger partial charge in [0.2, 0.25) is 5.96 Å². The van der Waals surface area contributed by atoms with Crippen LogP contribution in [0.4, 0.5) is 0 Å². The summed E-state index contributed by atoms with van der Waals surface area (Å²) >= 11 is 0. The Morgan fingerprint density at radius 3 is 2.60 bits per heavy atom. The van der Waals surface area contributed by atoms with Crippen LogP contribution in [0.15, 0.2) is 34.5 Å². The molecule has 1 aliphatic rings. The van der Waals surface area contributed by atoms with Gasteiger partial charge in [-0.15, -0.1) is 5.10 Å². The van der Waals surface area contributed by atoms with E-state index in [9.17, 15) is 0 Å². The highest BCUT2D eigenvalue weighted by atomic mass is 16.7. The van der Waals surface area contributed by atoms with Crippen LogP contribution in [-0.2, 0) is 9.47 Å². The first-order valence-corrected chi connectivity index (χ1v) is 6.32. The minimum Gasteiger partial charge on any atom is -0.493 e. The van der Waals surface area contributed by atoms with Crippen LogP contribution >= 0.6 is 0 Å². The molecule has 0 aromatic heterocycles. The second-order valence-electron chi connectivity index (χ2n) is 4.15. The number of nitrogens with two attached hydrogens (primary N) is 2. The Hall–Kier alpha value is -2.12. The molecule has 0 unspecified atom stereocenters. The summed E-state index contributed by atoms with van der Waals surface area (Å²) in [6, 6.07) is 7.44. The van der Waals surface area contributed by atoms with Gasteiger partial charge in [-0.05, 0) is 29.8 Å². The van der Waals surface area contributed by atoms with Crippen LogP contribution in [0.3, 0.4) is 0 Å². The van der Waals surface area contributed by atoms with E-state index in [-0.39, 0.29) is 12.2 Å². The highest BCUT2D eigenvalue weighted by Crippen LogP contribution is 2.13. The first-order valence-electron chi connectivity index (χ1n) is 6.32. The molecule has 1 aliphatic heterocycles. The molecule has 2 rings (SSSR count). The first kappa shape index (κ1) is 14.3. The van der Waals surface area contributed by atoms with Gasteiger partial charge in [-0.25, -0.2) is 0 Å². The van der Waals surface area contributed by atoms with Crippen molar-refractivity contribution in [3.05, 3.63) is 29.8 Å². The summed E-state index contributed by atoms with van der Waals surface area (Å²) in [6.45, 7) is 1.87. The molecule has 1 saturated heterocycles. The molecule has 7 nitrogen and oxygen atoms in total. The van der Waals surface area contributed by atoms with Crippen molar-refractivity contribution in [3.63, 3.8) is 0 Å². The SMILES string of the molecule is NC(N)=NN=Cc1ccc(OCCC2OCCO2)cc1. The van der Waals surface area contributed by atoms with Crippen molar-refractivity contribution in [2.45, 2.75) is 12.7 Å². The maximum Gasteiger partial charge on any atom is 0.211 e. The van der Waals surface area contributed by atoms with Crippen molar-refractivity contribution >= 4 is 12.2 Å². The molecule has 1 heterocycles. The van der Waals surface area contributed by atoms with Gasteiger partial charge in [0.05, 0.1) is 26.0 Å². The molecule has 0 bridgehead atoms. The van der Waals surface area contributed by atoms with Crippen LogP contribution in [0.1, 0.15) is 12.0 Å². The average Bonchev–Trinajstić information content (AvgIpc) is 2.93. The number of guanidine groups is 1. The highest BCUT2D eigenvalue weighted by molar-refractivity contribution is 5.81. The molecule has 7 heteroatoms. The van der Waals surface area contributed by atoms with Crippen molar-refractivity contribution in [1.29, 1.82) is 0 Å². The van der Waals surface area contributed by atoms with Crippen LogP contribution in [0.5, 0.6) is 5.75 Å². The van der Waals surface area contributed by atoms with Crippen molar-refractivity contribution < 1.29 is 14.2 Å². The monoisotopic (exact) mass is 278 g/mol. The van der Waals surface area contributed by atoms with Gasteiger partial charge in [-0.3, -0.25) is 0 Å². The smallest absolute Gasteiger partial charge is 0.211 e. The number of benzene rings is 1. The average molecular weight is 278 g/mol. The fourth-order valence-corrected chi connectivity index (χ4v) is 1.66. The van der Waals surface area contributed by atoms with E-state index in [2.05, 4.69) is 10.2 Å². The van der Waals surface area contributed by atoms with Crippen LogP contribution in [0.25, 0.3) is 0 Å². The molecule has 20 heavy (non-hydrogen) atoms. The Bertz CT molecular complexity index is 463. The predicted octanol–water partition coefficient (Wildman–Crippen LogP) is 0.436. The summed E-state index contributed by atoms with van der Waals surface area (Å²) in [4.78, 5) is 0. The van der Waals surface area contributed by atoms with Crippen molar-refractivity contribution in [2.75, 3.05) is 19.8 Å². The van der Waals surface area contributed by atoms with Gasteiger partial charge >= 0.3 is 0 Å². The number of hydrogen-bond donors (Lipinski definition) is 2. The van der Waals surface area contributed by atoms with E-state index < -0.39 is 0 Å². The summed E-state index contributed by atoms with van der Waals surface area (Å²) in [5.74, 6) is 0.708. The summed E-state index contributed by atoms with van der Waals surface area (Å²) in [7, 11) is 0. The van der Waals surface area contributed by atoms with E-state index >= 15 is 0 Å². The first-order chi connectivity index (χ1) is 9.74. The van der Waals surface area contributed by atoms with E-state index in [0.29, 0.717) is 26.2 Å². The van der Waals surface area contributed by atoms with Crippen LogP contribution in [0.2, 0.25) is 0 Å². The molecule has 0 atom stereocenters. The van der Waals surface area contributed by atoms with Gasteiger partial charge in [0.1, 0.15) is 5.75 Å². The Labute approximate surface area is 117 Å². The fraction of sp³-hybridized carbons (Fsp3) is 0.385. The van der Waals surface area contributed by atoms with Gasteiger partial charge in [0.15, 0.2) is 6.29 Å². The minimum atomic E-state index is -0.138. The quantitative estimate of drug-likeness (QED) is 0.446. The van der Waals surface area contributed by atoms with Crippen LogP contribution < -0.4 is 16.2 Å². The van der Waals surface area contributed by atoms with E-state index in [1.54, 1.807) is 6.21 Å². The fourth-order valence-electron chi connectivity index (χ4n) is 1.66. The van der Waals surface area contributed by atoms with Gasteiger partial charge < -0.3 is 25.7 Å². The lowest BCUT2D eigenvalue weighted by Crippen LogP contribution is -2.21. The molecule has 0 spiro atoms. The largest absolute Gasteiger partial charge is 0.493 e. The number of nitrogens with zero attached hydrogens (tertiary/aromatic N) is 2. The lowest BCUT2D eigenvalue weighted by Gasteiger charge is -2.10. The van der Waals surface area contributed by atoms with Crippen molar-refractivity contribution in [1.82, 2.24) is 0 Å². The molecule has 1 aromatic rings. The topological polar surface area (TPSA) is 104 Å². The number of hydrogen-bond acceptors (Lipinski definition) is 5. The van der Waals surface area contributed by atoms with Crippen LogP contribution in [-0.4, -0.2) is 38.3 Å². The Morgan fingerprint density at radius 2 is 1.95 bits per heavy atom. The second kappa shape index (κ2) is 7.46. The summed E-state index contributed by atoms with van der Waals surface area (Å²) in [5, 5.41) is 7.24. The van der Waals surface area contributed by atoms with Gasteiger partial charge in [0.25, 0.3) is 0 Å². The second-order valence-corrected chi connectivity index (χ2v) is 4.15. The molecule has 0 radical (unpaired) electrons. The van der Waals surface area contributed by atoms with Crippen molar-refractivity contribution in [2.24, 2.45) is 21.7 Å². The maximum absolute atomic E-state index is 5.59. The standard InChI is InChI=1S/C13H18N4O3/c14-13(15)17-16-9-10-1-3-11(4-2-10)18-6-5-12-19-7-8-20-12/h1-4,9,12H,5-8H2,(H4,14,15,17). The third-order valence-electron chi connectivity index (χ3n) is 2.57. The van der Waals surface area contributed by atoms with E-state index in [1.807, 2.05) is 24.3 Å². The lowest BCUT2D eigenvalue weighted by atomic mass is 10.2. The minimum absolute atomic E-state index is 0.0717. The molecular formula is C13H18N4O3. The zero-order valence-corrected chi connectivity index (χ0v) is 11.1. The predicted molar refractivity (Wildman–Crippen MR) is 75.6 cm³/mol. The zero-order chi connectivity index (χ0) is 14.2. The summed E-state index contributed by atoms with van der Waals surface area (Å²) in [6.07, 6.45) is 2.14. The lowest BCUT2D eigenvalue weighted by molar-refractivity contribution is -0.0531. The maximum atomic E-state index is 5.59. The molecular weight excluding hydrogens is 260 g/mol. The third kappa shape index (κ3) is 4.87. The van der Waals surface area contributed by atoms with E-state index in [1.165, 1.54) is 0 Å². The van der Waals surface area contributed by atoms with E-state index in [4.69, 9.17) is 25.7 Å². The molecule has 0 saturated carbocycles. The number of rotatable bonds is 6. The van der Waals surface area contributed by atoms with Gasteiger partial charge in [0, 0.05) is 6.42 Å². The Morgan fingerprint density at radius 1 is 1.25 bits per heavy atom. The molecule has 1 fully saturated rings. The van der Waals surface area contributed by atoms with Gasteiger partial charge in [-0.2, -0.15) is 5.10 Å². The van der Waals surface area contributed by atoms with E-state index in [0.717, 1.165) is 11.3 Å². The molecule has 108 valence electrons. The summed E-state index contributed by atoms with van der Waals surface area (Å²) in [5.41, 5.74) is 11.2. The van der Waals surface area contributed by atoms with Crippen molar-refractivity contribution in [3.8, 4) is 5.75 Å². The zero-order valence-electron chi connectivity index (χ0n) is 11.1. The molecule has 0 amide bonds. The van der Waals surface area contributed by atoms with Gasteiger partial charge in [-0.1, -0.05) is 0 Å². The van der Waals surface area contributed by atoms with Crippen LogP contribution in [0, 0.1) is 0 Å². The normalized spacial score (nSPS) is 15.6. The highest BCUT2D eigenvalue weighted by Gasteiger charge is 2.15. The number of ether oxygens (including phenoxy) is 3. The molecule has 1 aromatic carbocycles.